The van der Waals surface area contributed by atoms with E-state index in [-0.39, 0.29) is 0 Å². The van der Waals surface area contributed by atoms with Crippen molar-refractivity contribution in [2.24, 2.45) is 0 Å². The van der Waals surface area contributed by atoms with Crippen LogP contribution in [0.25, 0.3) is 0 Å². The lowest BCUT2D eigenvalue weighted by Gasteiger charge is -2.37. The molecule has 1 fully saturated rings. The number of halogens is 1. The number of hydrogen-bond donors (Lipinski definition) is 0. The van der Waals surface area contributed by atoms with Crippen LogP contribution in [0.15, 0.2) is 35.7 Å². The zero-order valence-electron chi connectivity index (χ0n) is 14.0. The van der Waals surface area contributed by atoms with Crippen molar-refractivity contribution in [1.82, 2.24) is 19.9 Å². The molecule has 7 heteroatoms. The Morgan fingerprint density at radius 3 is 2.75 bits per heavy atom. The SMILES string of the molecule is CSc1nccc(N2CCC(N(C)Cc3cccnc3Cl)CC2)n1. The van der Waals surface area contributed by atoms with Gasteiger partial charge in [0.1, 0.15) is 11.0 Å². The maximum absolute atomic E-state index is 6.18. The summed E-state index contributed by atoms with van der Waals surface area (Å²) in [6, 6.07) is 6.54. The number of aromatic nitrogens is 3. The monoisotopic (exact) mass is 363 g/mol. The van der Waals surface area contributed by atoms with Crippen LogP contribution >= 0.6 is 23.4 Å². The molecule has 128 valence electrons. The molecule has 24 heavy (non-hydrogen) atoms. The van der Waals surface area contributed by atoms with Crippen LogP contribution in [0.2, 0.25) is 5.15 Å². The Bertz CT molecular complexity index is 676. The summed E-state index contributed by atoms with van der Waals surface area (Å²) in [5.41, 5.74) is 1.09. The number of nitrogens with zero attached hydrogens (tertiary/aromatic N) is 5. The lowest BCUT2D eigenvalue weighted by molar-refractivity contribution is 0.200. The van der Waals surface area contributed by atoms with Gasteiger partial charge in [-0.2, -0.15) is 0 Å². The molecular weight excluding hydrogens is 342 g/mol. The second-order valence-corrected chi connectivity index (χ2v) is 7.12. The van der Waals surface area contributed by atoms with Crippen molar-refractivity contribution in [3.63, 3.8) is 0 Å². The van der Waals surface area contributed by atoms with Crippen LogP contribution in [0.1, 0.15) is 18.4 Å². The van der Waals surface area contributed by atoms with Gasteiger partial charge in [-0.3, -0.25) is 4.90 Å². The standard InChI is InChI=1S/C17H22ClN5S/c1-22(12-13-4-3-8-19-16(13)18)14-6-10-23(11-7-14)15-5-9-20-17(21-15)24-2/h3-5,8-9,14H,6-7,10-12H2,1-2H3. The highest BCUT2D eigenvalue weighted by Crippen LogP contribution is 2.23. The lowest BCUT2D eigenvalue weighted by atomic mass is 10.0. The van der Waals surface area contributed by atoms with E-state index < -0.39 is 0 Å². The largest absolute Gasteiger partial charge is 0.356 e. The lowest BCUT2D eigenvalue weighted by Crippen LogP contribution is -2.43. The number of rotatable bonds is 5. The van der Waals surface area contributed by atoms with Gasteiger partial charge in [0.2, 0.25) is 0 Å². The number of anilines is 1. The van der Waals surface area contributed by atoms with Gasteiger partial charge in [0.05, 0.1) is 0 Å². The van der Waals surface area contributed by atoms with E-state index in [0.717, 1.165) is 49.0 Å². The van der Waals surface area contributed by atoms with Gasteiger partial charge in [-0.15, -0.1) is 0 Å². The third kappa shape index (κ3) is 4.18. The van der Waals surface area contributed by atoms with Crippen LogP contribution in [-0.4, -0.2) is 52.3 Å². The van der Waals surface area contributed by atoms with E-state index in [0.29, 0.717) is 11.2 Å². The van der Waals surface area contributed by atoms with Crippen molar-refractivity contribution < 1.29 is 0 Å². The summed E-state index contributed by atoms with van der Waals surface area (Å²) in [5, 5.41) is 1.44. The second kappa shape index (κ2) is 8.14. The first-order valence-electron chi connectivity index (χ1n) is 8.09. The topological polar surface area (TPSA) is 45.2 Å². The van der Waals surface area contributed by atoms with Crippen LogP contribution in [0.5, 0.6) is 0 Å². The van der Waals surface area contributed by atoms with Gasteiger partial charge < -0.3 is 4.90 Å². The molecule has 1 saturated heterocycles. The van der Waals surface area contributed by atoms with E-state index in [9.17, 15) is 0 Å². The van der Waals surface area contributed by atoms with Crippen LogP contribution < -0.4 is 4.90 Å². The van der Waals surface area contributed by atoms with Crippen molar-refractivity contribution in [2.75, 3.05) is 31.3 Å². The Hall–Kier alpha value is -1.37. The Morgan fingerprint density at radius 2 is 2.04 bits per heavy atom. The fourth-order valence-electron chi connectivity index (χ4n) is 3.08. The Balaban J connectivity index is 1.57. The average Bonchev–Trinajstić information content (AvgIpc) is 2.64. The first-order chi connectivity index (χ1) is 11.7. The molecule has 2 aromatic rings. The molecule has 0 amide bonds. The van der Waals surface area contributed by atoms with Crippen molar-refractivity contribution >= 4 is 29.2 Å². The smallest absolute Gasteiger partial charge is 0.189 e. The maximum Gasteiger partial charge on any atom is 0.189 e. The summed E-state index contributed by atoms with van der Waals surface area (Å²) >= 11 is 7.76. The molecule has 0 aliphatic carbocycles. The predicted octanol–water partition coefficient (Wildman–Crippen LogP) is 3.35. The number of piperidine rings is 1. The minimum Gasteiger partial charge on any atom is -0.356 e. The minimum absolute atomic E-state index is 0.555. The minimum atomic E-state index is 0.555. The van der Waals surface area contributed by atoms with Crippen LogP contribution in [0.4, 0.5) is 5.82 Å². The van der Waals surface area contributed by atoms with Crippen molar-refractivity contribution in [3.8, 4) is 0 Å². The van der Waals surface area contributed by atoms with Gasteiger partial charge in [0.15, 0.2) is 5.16 Å². The van der Waals surface area contributed by atoms with E-state index in [2.05, 4.69) is 31.8 Å². The highest BCUT2D eigenvalue weighted by Gasteiger charge is 2.23. The Kier molecular flexibility index (Phi) is 5.92. The fraction of sp³-hybridized carbons (Fsp3) is 0.471. The Morgan fingerprint density at radius 1 is 1.25 bits per heavy atom. The molecule has 0 unspecified atom stereocenters. The highest BCUT2D eigenvalue weighted by molar-refractivity contribution is 7.98. The normalized spacial score (nSPS) is 15.9. The van der Waals surface area contributed by atoms with Gasteiger partial charge in [-0.05, 0) is 38.3 Å². The zero-order chi connectivity index (χ0) is 16.9. The van der Waals surface area contributed by atoms with E-state index in [1.807, 2.05) is 30.7 Å². The van der Waals surface area contributed by atoms with Crippen LogP contribution in [0.3, 0.4) is 0 Å². The summed E-state index contributed by atoms with van der Waals surface area (Å²) in [7, 11) is 2.17. The average molecular weight is 364 g/mol. The summed E-state index contributed by atoms with van der Waals surface area (Å²) in [5.74, 6) is 1.03. The zero-order valence-corrected chi connectivity index (χ0v) is 15.6. The van der Waals surface area contributed by atoms with Crippen LogP contribution in [0, 0.1) is 0 Å². The summed E-state index contributed by atoms with van der Waals surface area (Å²) in [6.07, 6.45) is 7.81. The first-order valence-corrected chi connectivity index (χ1v) is 9.69. The van der Waals surface area contributed by atoms with Crippen molar-refractivity contribution in [2.45, 2.75) is 30.6 Å². The molecule has 0 aromatic carbocycles. The van der Waals surface area contributed by atoms with Gasteiger partial charge in [0, 0.05) is 43.6 Å². The molecular formula is C17H22ClN5S. The van der Waals surface area contributed by atoms with Gasteiger partial charge >= 0.3 is 0 Å². The molecule has 0 spiro atoms. The molecule has 1 aliphatic rings. The fourth-order valence-corrected chi connectivity index (χ4v) is 3.61. The van der Waals surface area contributed by atoms with Crippen LogP contribution in [-0.2, 0) is 6.54 Å². The number of thioether (sulfide) groups is 1. The van der Waals surface area contributed by atoms with Gasteiger partial charge in [-0.1, -0.05) is 29.4 Å². The molecule has 3 heterocycles. The molecule has 5 nitrogen and oxygen atoms in total. The quantitative estimate of drug-likeness (QED) is 0.461. The first kappa shape index (κ1) is 17.5. The molecule has 0 saturated carbocycles. The molecule has 3 rings (SSSR count). The van der Waals surface area contributed by atoms with Crippen molar-refractivity contribution in [3.05, 3.63) is 41.3 Å². The molecule has 0 radical (unpaired) electrons. The third-order valence-corrected chi connectivity index (χ3v) is 5.37. The van der Waals surface area contributed by atoms with E-state index in [1.54, 1.807) is 18.0 Å². The van der Waals surface area contributed by atoms with E-state index in [1.165, 1.54) is 0 Å². The molecule has 2 aromatic heterocycles. The summed E-state index contributed by atoms with van der Waals surface area (Å²) in [6.45, 7) is 2.86. The third-order valence-electron chi connectivity index (χ3n) is 4.47. The second-order valence-electron chi connectivity index (χ2n) is 5.99. The molecule has 0 bridgehead atoms. The number of hydrogen-bond acceptors (Lipinski definition) is 6. The van der Waals surface area contributed by atoms with Crippen molar-refractivity contribution in [1.29, 1.82) is 0 Å². The number of pyridine rings is 1. The molecule has 0 N–H and O–H groups in total. The summed E-state index contributed by atoms with van der Waals surface area (Å²) in [4.78, 5) is 17.7. The van der Waals surface area contributed by atoms with Gasteiger partial charge in [-0.25, -0.2) is 15.0 Å². The van der Waals surface area contributed by atoms with E-state index >= 15 is 0 Å². The van der Waals surface area contributed by atoms with E-state index in [4.69, 9.17) is 11.6 Å². The highest BCUT2D eigenvalue weighted by atomic mass is 35.5. The van der Waals surface area contributed by atoms with Gasteiger partial charge in [0.25, 0.3) is 0 Å². The molecule has 0 atom stereocenters. The molecule has 1 aliphatic heterocycles. The maximum atomic E-state index is 6.18. The summed E-state index contributed by atoms with van der Waals surface area (Å²) < 4.78 is 0. The predicted molar refractivity (Wildman–Crippen MR) is 99.8 cm³/mol. The Labute approximate surface area is 152 Å².